The summed E-state index contributed by atoms with van der Waals surface area (Å²) >= 11 is 0. The maximum Gasteiger partial charge on any atom is 0.390 e. The third-order valence-corrected chi connectivity index (χ3v) is 3.33. The van der Waals surface area contributed by atoms with E-state index >= 15 is 0 Å². The van der Waals surface area contributed by atoms with E-state index in [-0.39, 0.29) is 30.5 Å². The quantitative estimate of drug-likeness (QED) is 0.400. The lowest BCUT2D eigenvalue weighted by Gasteiger charge is -2.13. The highest BCUT2D eigenvalue weighted by Crippen LogP contribution is 2.19. The molecule has 0 unspecified atom stereocenters. The minimum absolute atomic E-state index is 0. The van der Waals surface area contributed by atoms with Crippen molar-refractivity contribution in [2.75, 3.05) is 13.1 Å². The number of hydrogen-bond donors (Lipinski definition) is 2. The van der Waals surface area contributed by atoms with Crippen LogP contribution in [0.2, 0.25) is 0 Å². The number of benzene rings is 2. The van der Waals surface area contributed by atoms with Crippen LogP contribution in [0.5, 0.6) is 0 Å². The summed E-state index contributed by atoms with van der Waals surface area (Å²) < 4.78 is 36.7. The predicted octanol–water partition coefficient (Wildman–Crippen LogP) is 4.47. The molecule has 0 spiro atoms. The van der Waals surface area contributed by atoms with E-state index in [1.807, 2.05) is 49.4 Å². The van der Waals surface area contributed by atoms with Crippen LogP contribution in [0.4, 0.5) is 13.2 Å². The summed E-state index contributed by atoms with van der Waals surface area (Å²) in [5, 5.41) is 7.90. The van der Waals surface area contributed by atoms with Gasteiger partial charge in [0.05, 0.1) is 13.0 Å². The van der Waals surface area contributed by atoms with Gasteiger partial charge in [0.2, 0.25) is 0 Å². The first kappa shape index (κ1) is 20.5. The molecule has 132 valence electrons. The van der Waals surface area contributed by atoms with Crippen LogP contribution in [0.1, 0.15) is 18.9 Å². The molecule has 0 aliphatic heterocycles. The zero-order valence-electron chi connectivity index (χ0n) is 13.4. The number of nitrogens with zero attached hydrogens (tertiary/aromatic N) is 1. The number of fused-ring (bicyclic) bond motifs is 1. The Labute approximate surface area is 156 Å². The fourth-order valence-corrected chi connectivity index (χ4v) is 2.26. The Bertz CT molecular complexity index is 666. The smallest absolute Gasteiger partial charge is 0.357 e. The summed E-state index contributed by atoms with van der Waals surface area (Å²) in [7, 11) is 0. The molecule has 2 aromatic rings. The molecule has 3 nitrogen and oxygen atoms in total. The lowest BCUT2D eigenvalue weighted by Crippen LogP contribution is -2.38. The zero-order valence-corrected chi connectivity index (χ0v) is 15.7. The van der Waals surface area contributed by atoms with E-state index in [0.29, 0.717) is 19.0 Å². The van der Waals surface area contributed by atoms with Gasteiger partial charge in [0, 0.05) is 13.1 Å². The van der Waals surface area contributed by atoms with Crippen LogP contribution in [-0.4, -0.2) is 25.2 Å². The van der Waals surface area contributed by atoms with Gasteiger partial charge in [-0.3, -0.25) is 0 Å². The second-order valence-corrected chi connectivity index (χ2v) is 5.13. The molecule has 0 heterocycles. The summed E-state index contributed by atoms with van der Waals surface area (Å²) in [6.45, 7) is 2.68. The van der Waals surface area contributed by atoms with Crippen molar-refractivity contribution >= 4 is 40.7 Å². The van der Waals surface area contributed by atoms with Crippen molar-refractivity contribution < 1.29 is 13.2 Å². The third kappa shape index (κ3) is 6.54. The van der Waals surface area contributed by atoms with Gasteiger partial charge >= 0.3 is 6.18 Å². The van der Waals surface area contributed by atoms with Crippen LogP contribution in [0, 0.1) is 0 Å². The molecule has 7 heteroatoms. The summed E-state index contributed by atoms with van der Waals surface area (Å²) in [5.74, 6) is 0.393. The van der Waals surface area contributed by atoms with Gasteiger partial charge in [-0.2, -0.15) is 13.2 Å². The van der Waals surface area contributed by atoms with Crippen LogP contribution in [0.25, 0.3) is 10.8 Å². The lowest BCUT2D eigenvalue weighted by atomic mass is 10.1. The molecular weight excluding hydrogens is 430 g/mol. The fraction of sp³-hybridized carbons (Fsp3) is 0.353. The Hall–Kier alpha value is -1.51. The first-order valence-corrected chi connectivity index (χ1v) is 7.55. The van der Waals surface area contributed by atoms with Gasteiger partial charge in [-0.1, -0.05) is 42.5 Å². The van der Waals surface area contributed by atoms with E-state index in [1.165, 1.54) is 0 Å². The summed E-state index contributed by atoms with van der Waals surface area (Å²) in [6.07, 6.45) is -5.05. The van der Waals surface area contributed by atoms with Crippen molar-refractivity contribution in [1.29, 1.82) is 0 Å². The Morgan fingerprint density at radius 2 is 1.75 bits per heavy atom. The Kier molecular flexibility index (Phi) is 8.30. The Balaban J connectivity index is 0.00000288. The molecule has 0 amide bonds. The van der Waals surface area contributed by atoms with E-state index in [0.717, 1.165) is 16.3 Å². The first-order chi connectivity index (χ1) is 11.0. The molecule has 0 atom stereocenters. The number of halogens is 4. The maximum absolute atomic E-state index is 12.2. The van der Waals surface area contributed by atoms with Gasteiger partial charge in [-0.05, 0) is 23.3 Å². The van der Waals surface area contributed by atoms with Gasteiger partial charge in [-0.15, -0.1) is 24.0 Å². The van der Waals surface area contributed by atoms with Crippen molar-refractivity contribution in [3.63, 3.8) is 0 Å². The largest absolute Gasteiger partial charge is 0.390 e. The van der Waals surface area contributed by atoms with Gasteiger partial charge in [0.1, 0.15) is 0 Å². The standard InChI is InChI=1S/C17H20F3N3.HI/c1-2-21-16(22-11-10-17(18,19)20)23-12-14-8-5-7-13-6-3-4-9-15(13)14;/h3-9H,2,10-12H2,1H3,(H2,21,22,23);1H. The molecular formula is C17H21F3IN3. The normalized spacial score (nSPS) is 11.9. The van der Waals surface area contributed by atoms with Crippen molar-refractivity contribution in [1.82, 2.24) is 10.6 Å². The molecule has 0 aliphatic carbocycles. The minimum Gasteiger partial charge on any atom is -0.357 e. The highest BCUT2D eigenvalue weighted by molar-refractivity contribution is 14.0. The number of nitrogens with one attached hydrogen (secondary N) is 2. The van der Waals surface area contributed by atoms with Crippen LogP contribution in [-0.2, 0) is 6.54 Å². The fourth-order valence-electron chi connectivity index (χ4n) is 2.26. The number of hydrogen-bond acceptors (Lipinski definition) is 1. The summed E-state index contributed by atoms with van der Waals surface area (Å²) in [6, 6.07) is 13.9. The Morgan fingerprint density at radius 1 is 1.04 bits per heavy atom. The monoisotopic (exact) mass is 451 g/mol. The van der Waals surface area contributed by atoms with Crippen molar-refractivity contribution in [2.45, 2.75) is 26.1 Å². The topological polar surface area (TPSA) is 36.4 Å². The molecule has 2 aromatic carbocycles. The van der Waals surface area contributed by atoms with Gasteiger partial charge in [-0.25, -0.2) is 4.99 Å². The molecule has 0 saturated heterocycles. The molecule has 0 radical (unpaired) electrons. The first-order valence-electron chi connectivity index (χ1n) is 7.55. The van der Waals surface area contributed by atoms with Gasteiger partial charge < -0.3 is 10.6 Å². The highest BCUT2D eigenvalue weighted by Gasteiger charge is 2.26. The summed E-state index contributed by atoms with van der Waals surface area (Å²) in [4.78, 5) is 4.38. The average Bonchev–Trinajstić information content (AvgIpc) is 2.51. The van der Waals surface area contributed by atoms with Gasteiger partial charge in [0.25, 0.3) is 0 Å². The van der Waals surface area contributed by atoms with E-state index in [2.05, 4.69) is 15.6 Å². The summed E-state index contributed by atoms with van der Waals surface area (Å²) in [5.41, 5.74) is 1.04. The van der Waals surface area contributed by atoms with Crippen LogP contribution in [0.15, 0.2) is 47.5 Å². The molecule has 2 N–H and O–H groups in total. The highest BCUT2D eigenvalue weighted by atomic mass is 127. The van der Waals surface area contributed by atoms with Crippen LogP contribution in [0.3, 0.4) is 0 Å². The second-order valence-electron chi connectivity index (χ2n) is 5.13. The lowest BCUT2D eigenvalue weighted by molar-refractivity contribution is -0.132. The number of aliphatic imine (C=N–C) groups is 1. The van der Waals surface area contributed by atoms with E-state index in [1.54, 1.807) is 0 Å². The molecule has 0 aliphatic rings. The molecule has 24 heavy (non-hydrogen) atoms. The third-order valence-electron chi connectivity index (χ3n) is 3.33. The van der Waals surface area contributed by atoms with Gasteiger partial charge in [0.15, 0.2) is 5.96 Å². The zero-order chi connectivity index (χ0) is 16.7. The van der Waals surface area contributed by atoms with E-state index in [4.69, 9.17) is 0 Å². The molecule has 0 fully saturated rings. The van der Waals surface area contributed by atoms with E-state index in [9.17, 15) is 13.2 Å². The van der Waals surface area contributed by atoms with Crippen molar-refractivity contribution in [3.05, 3.63) is 48.0 Å². The molecule has 0 saturated carbocycles. The maximum atomic E-state index is 12.2. The number of rotatable bonds is 5. The average molecular weight is 451 g/mol. The predicted molar refractivity (Wildman–Crippen MR) is 103 cm³/mol. The van der Waals surface area contributed by atoms with Crippen molar-refractivity contribution in [3.8, 4) is 0 Å². The number of guanidine groups is 1. The van der Waals surface area contributed by atoms with Crippen molar-refractivity contribution in [2.24, 2.45) is 4.99 Å². The van der Waals surface area contributed by atoms with E-state index < -0.39 is 12.6 Å². The molecule has 0 bridgehead atoms. The van der Waals surface area contributed by atoms with Crippen LogP contribution < -0.4 is 10.6 Å². The molecule has 2 rings (SSSR count). The molecule has 0 aromatic heterocycles. The number of alkyl halides is 3. The SMILES string of the molecule is CCNC(=NCc1cccc2ccccc12)NCCC(F)(F)F.I. The second kappa shape index (κ2) is 9.71. The minimum atomic E-state index is -4.17. The van der Waals surface area contributed by atoms with Crippen LogP contribution >= 0.6 is 24.0 Å². The Morgan fingerprint density at radius 3 is 2.46 bits per heavy atom.